The van der Waals surface area contributed by atoms with Crippen molar-refractivity contribution in [3.05, 3.63) is 170 Å². The molecule has 0 radical (unpaired) electrons. The summed E-state index contributed by atoms with van der Waals surface area (Å²) in [6.07, 6.45) is 119. The maximum Gasteiger partial charge on any atom is 0.472 e. The van der Waals surface area contributed by atoms with Gasteiger partial charge in [0.25, 0.3) is 0 Å². The van der Waals surface area contributed by atoms with Crippen LogP contribution >= 0.6 is 7.82 Å². The second-order valence-corrected chi connectivity index (χ2v) is 27.3. The quantitative estimate of drug-likeness (QED) is 0.0264. The maximum absolute atomic E-state index is 12.8. The minimum absolute atomic E-state index is 0.0482. The Morgan fingerprint density at radius 2 is 0.536 bits per heavy atom. The first kappa shape index (κ1) is 92.4. The second-order valence-electron chi connectivity index (χ2n) is 25.8. The van der Waals surface area contributed by atoms with E-state index in [4.69, 9.17) is 24.3 Å². The molecule has 0 aliphatic rings. The van der Waals surface area contributed by atoms with E-state index in [1.165, 1.54) is 173 Å². The van der Waals surface area contributed by atoms with Gasteiger partial charge in [0.2, 0.25) is 0 Å². The van der Waals surface area contributed by atoms with E-state index in [0.717, 1.165) is 128 Å². The van der Waals surface area contributed by atoms with Gasteiger partial charge in [0.15, 0.2) is 6.10 Å². The molecule has 0 saturated heterocycles. The molecule has 2 unspecified atom stereocenters. The monoisotopic (exact) mass is 1360 g/mol. The summed E-state index contributed by atoms with van der Waals surface area (Å²) in [4.78, 5) is 35.5. The Morgan fingerprint density at radius 3 is 0.794 bits per heavy atom. The summed E-state index contributed by atoms with van der Waals surface area (Å²) < 4.78 is 33.3. The minimum Gasteiger partial charge on any atom is -0.462 e. The van der Waals surface area contributed by atoms with E-state index in [0.29, 0.717) is 6.42 Å². The van der Waals surface area contributed by atoms with Gasteiger partial charge >= 0.3 is 19.8 Å². The Bertz CT molecular complexity index is 2210. The van der Waals surface area contributed by atoms with E-state index in [-0.39, 0.29) is 38.6 Å². The van der Waals surface area contributed by atoms with Crippen LogP contribution in [0.25, 0.3) is 0 Å². The van der Waals surface area contributed by atoms with Crippen LogP contribution in [0.4, 0.5) is 0 Å². The van der Waals surface area contributed by atoms with E-state index in [1.54, 1.807) is 0 Å². The zero-order chi connectivity index (χ0) is 70.0. The molecule has 0 spiro atoms. The fraction of sp³-hybridized carbons (Fsp3) is 0.655. The number of esters is 2. The Labute approximate surface area is 597 Å². The van der Waals surface area contributed by atoms with Gasteiger partial charge in [-0.1, -0.05) is 364 Å². The van der Waals surface area contributed by atoms with E-state index in [2.05, 4.69) is 184 Å². The molecule has 0 aliphatic carbocycles. The molecule has 0 rings (SSSR count). The fourth-order valence-electron chi connectivity index (χ4n) is 10.8. The molecule has 552 valence electrons. The largest absolute Gasteiger partial charge is 0.472 e. The van der Waals surface area contributed by atoms with Gasteiger partial charge < -0.3 is 20.1 Å². The zero-order valence-electron chi connectivity index (χ0n) is 62.3. The number of phosphoric acid groups is 1. The summed E-state index contributed by atoms with van der Waals surface area (Å²) in [6.45, 7) is 3.54. The van der Waals surface area contributed by atoms with Crippen LogP contribution in [0.2, 0.25) is 0 Å². The fourth-order valence-corrected chi connectivity index (χ4v) is 11.6. The van der Waals surface area contributed by atoms with Crippen molar-refractivity contribution in [2.24, 2.45) is 5.73 Å². The highest BCUT2D eigenvalue weighted by Crippen LogP contribution is 2.43. The molecule has 0 saturated carbocycles. The van der Waals surface area contributed by atoms with E-state index >= 15 is 0 Å². The van der Waals surface area contributed by atoms with Crippen LogP contribution in [-0.4, -0.2) is 49.3 Å². The molecule has 0 amide bonds. The molecule has 2 atom stereocenters. The first-order valence-corrected chi connectivity index (χ1v) is 41.1. The highest BCUT2D eigenvalue weighted by atomic mass is 31.2. The van der Waals surface area contributed by atoms with Crippen LogP contribution in [-0.2, 0) is 32.7 Å². The summed E-state index contributed by atoms with van der Waals surface area (Å²) in [5.41, 5.74) is 5.41. The molecular formula is C87H146NO8P. The summed E-state index contributed by atoms with van der Waals surface area (Å²) in [6, 6.07) is 0. The molecule has 3 N–H and O–H groups in total. The topological polar surface area (TPSA) is 134 Å². The molecule has 0 fully saturated rings. The van der Waals surface area contributed by atoms with Crippen molar-refractivity contribution in [1.29, 1.82) is 0 Å². The minimum atomic E-state index is -4.41. The van der Waals surface area contributed by atoms with Crippen LogP contribution in [0, 0.1) is 0 Å². The average molecular weight is 1370 g/mol. The second kappa shape index (κ2) is 80.3. The van der Waals surface area contributed by atoms with Crippen LogP contribution in [0.5, 0.6) is 0 Å². The lowest BCUT2D eigenvalue weighted by molar-refractivity contribution is -0.161. The van der Waals surface area contributed by atoms with E-state index in [9.17, 15) is 19.0 Å². The summed E-state index contributed by atoms with van der Waals surface area (Å²) in [7, 11) is -4.41. The lowest BCUT2D eigenvalue weighted by Gasteiger charge is -2.19. The molecule has 0 heterocycles. The predicted octanol–water partition coefficient (Wildman–Crippen LogP) is 26.9. The molecule has 9 nitrogen and oxygen atoms in total. The summed E-state index contributed by atoms with van der Waals surface area (Å²) in [5, 5.41) is 0. The number of hydrogen-bond donors (Lipinski definition) is 2. The van der Waals surface area contributed by atoms with Crippen molar-refractivity contribution in [2.45, 2.75) is 341 Å². The zero-order valence-corrected chi connectivity index (χ0v) is 63.2. The number of carbonyl (C=O) groups is 2. The third-order valence-electron chi connectivity index (χ3n) is 16.6. The van der Waals surface area contributed by atoms with E-state index < -0.39 is 26.5 Å². The van der Waals surface area contributed by atoms with Gasteiger partial charge in [-0.05, 0) is 128 Å². The summed E-state index contributed by atoms with van der Waals surface area (Å²) >= 11 is 0. The smallest absolute Gasteiger partial charge is 0.462 e. The van der Waals surface area contributed by atoms with Gasteiger partial charge in [-0.3, -0.25) is 18.6 Å². The lowest BCUT2D eigenvalue weighted by Crippen LogP contribution is -2.29. The number of allylic oxidation sites excluding steroid dienone is 28. The van der Waals surface area contributed by atoms with Crippen molar-refractivity contribution in [3.63, 3.8) is 0 Å². The Balaban J connectivity index is 3.86. The van der Waals surface area contributed by atoms with Crippen LogP contribution in [0.15, 0.2) is 170 Å². The molecule has 0 aliphatic heterocycles. The normalized spacial score (nSPS) is 13.8. The Hall–Kier alpha value is -4.63. The number of hydrogen-bond acceptors (Lipinski definition) is 8. The number of unbranched alkanes of at least 4 members (excludes halogenated alkanes) is 32. The predicted molar refractivity (Wildman–Crippen MR) is 422 cm³/mol. The van der Waals surface area contributed by atoms with Crippen LogP contribution < -0.4 is 5.73 Å². The first-order valence-electron chi connectivity index (χ1n) is 39.6. The Kier molecular flexibility index (Phi) is 76.5. The molecule has 97 heavy (non-hydrogen) atoms. The van der Waals surface area contributed by atoms with Gasteiger partial charge in [0, 0.05) is 19.4 Å². The van der Waals surface area contributed by atoms with Gasteiger partial charge in [-0.25, -0.2) is 4.57 Å². The number of nitrogens with two attached hydrogens (primary N) is 1. The van der Waals surface area contributed by atoms with Crippen molar-refractivity contribution in [2.75, 3.05) is 26.4 Å². The standard InChI is InChI=1S/C87H146NO8P/c1-3-5-7-9-11-13-15-17-19-21-23-25-27-29-31-33-35-37-39-40-41-42-43-44-46-48-50-52-54-56-58-60-62-64-66-68-70-72-74-76-78-80-87(90)96-85(84-95-97(91,92)94-82-81-88)83-93-86(89)79-77-75-73-71-69-67-65-63-61-59-57-55-53-51-49-47-45-38-36-34-32-30-28-26-24-22-20-18-16-14-12-10-8-6-4-2/h5-8,11-14,17-20,23-26,29-32,35,37,40-41,43-44,48,50,85H,3-4,9-10,15-16,21-22,27-28,33-34,36,38-39,42,45-47,49,51-84,88H2,1-2H3,(H,91,92)/b7-5-,8-6-,13-11-,14-12-,19-17-,20-18-,25-23-,26-24-,31-29-,32-30-,37-35-,41-40-,44-43-,50-48-. The van der Waals surface area contributed by atoms with Gasteiger partial charge in [0.05, 0.1) is 13.2 Å². The summed E-state index contributed by atoms with van der Waals surface area (Å²) in [5.74, 6) is -0.825. The van der Waals surface area contributed by atoms with Crippen molar-refractivity contribution in [1.82, 2.24) is 0 Å². The van der Waals surface area contributed by atoms with Crippen LogP contribution in [0.3, 0.4) is 0 Å². The van der Waals surface area contributed by atoms with Gasteiger partial charge in [0.1, 0.15) is 6.61 Å². The number of rotatable bonds is 73. The van der Waals surface area contributed by atoms with E-state index in [1.807, 2.05) is 0 Å². The molecule has 10 heteroatoms. The Morgan fingerprint density at radius 1 is 0.309 bits per heavy atom. The average Bonchev–Trinajstić information content (AvgIpc) is 2.57. The maximum atomic E-state index is 12.8. The van der Waals surface area contributed by atoms with Gasteiger partial charge in [-0.2, -0.15) is 0 Å². The molecule has 0 aromatic rings. The number of phosphoric ester groups is 1. The molecule has 0 aromatic heterocycles. The SMILES string of the molecule is CC/C=C\C/C=C\C/C=C\C/C=C\C/C=C\C/C=C\C/C=C\C/C=C\C/C=C\CCCCCCCCCCCCCCCC(=O)OC(COC(=O)CCCCCCCCCCCCCCCCCCCCC/C=C\C/C=C\C/C=C\C/C=C\C/C=C\CC)COP(=O)(O)OCCN. The highest BCUT2D eigenvalue weighted by molar-refractivity contribution is 7.47. The lowest BCUT2D eigenvalue weighted by atomic mass is 10.0. The third kappa shape index (κ3) is 80.2. The molecular weight excluding hydrogens is 1220 g/mol. The molecule has 0 bridgehead atoms. The van der Waals surface area contributed by atoms with Crippen molar-refractivity contribution >= 4 is 19.8 Å². The van der Waals surface area contributed by atoms with Crippen LogP contribution in [0.1, 0.15) is 335 Å². The van der Waals surface area contributed by atoms with Gasteiger partial charge in [-0.15, -0.1) is 0 Å². The number of carbonyl (C=O) groups excluding carboxylic acids is 2. The number of ether oxygens (including phenoxy) is 2. The van der Waals surface area contributed by atoms with Crippen molar-refractivity contribution in [3.8, 4) is 0 Å². The van der Waals surface area contributed by atoms with Crippen molar-refractivity contribution < 1.29 is 37.6 Å². The first-order chi connectivity index (χ1) is 47.8. The highest BCUT2D eigenvalue weighted by Gasteiger charge is 2.26. The third-order valence-corrected chi connectivity index (χ3v) is 17.6. The molecule has 0 aromatic carbocycles.